The number of methoxy groups -OCH3 is 1. The van der Waals surface area contributed by atoms with Crippen molar-refractivity contribution >= 4 is 27.5 Å². The van der Waals surface area contributed by atoms with Crippen LogP contribution in [0.2, 0.25) is 0 Å². The Bertz CT molecular complexity index is 1220. The van der Waals surface area contributed by atoms with E-state index in [0.29, 0.717) is 29.7 Å². The molecule has 0 saturated carbocycles. The summed E-state index contributed by atoms with van der Waals surface area (Å²) in [6.07, 6.45) is 4.96. The molecule has 1 aliphatic carbocycles. The highest BCUT2D eigenvalue weighted by Crippen LogP contribution is 2.47. The second-order valence-electron chi connectivity index (χ2n) is 8.42. The number of ether oxygens (including phenoxy) is 1. The third-order valence-electron chi connectivity index (χ3n) is 6.35. The molecule has 0 bridgehead atoms. The molecule has 3 nitrogen and oxygen atoms in total. The highest BCUT2D eigenvalue weighted by Gasteiger charge is 2.33. The molecule has 1 unspecified atom stereocenters. The average molecular weight is 462 g/mol. The van der Waals surface area contributed by atoms with E-state index >= 15 is 4.39 Å². The van der Waals surface area contributed by atoms with Gasteiger partial charge in [0, 0.05) is 27.1 Å². The summed E-state index contributed by atoms with van der Waals surface area (Å²) in [5, 5.41) is 0.767. The molecule has 2 aromatic heterocycles. The van der Waals surface area contributed by atoms with E-state index in [0.717, 1.165) is 47.5 Å². The number of fused-ring (bicyclic) bond motifs is 3. The molecule has 1 aromatic carbocycles. The molecule has 32 heavy (non-hydrogen) atoms. The Morgan fingerprint density at radius 3 is 2.56 bits per heavy atom. The molecule has 0 N–H and O–H groups in total. The van der Waals surface area contributed by atoms with Gasteiger partial charge in [0.15, 0.2) is 17.5 Å². The molecule has 170 valence electrons. The summed E-state index contributed by atoms with van der Waals surface area (Å²) in [7, 11) is 1.32. The molecule has 1 aliphatic rings. The lowest BCUT2D eigenvalue weighted by Crippen LogP contribution is -2.18. The zero-order valence-corrected chi connectivity index (χ0v) is 19.5. The topological polar surface area (TPSA) is 39.2 Å². The highest BCUT2D eigenvalue weighted by molar-refractivity contribution is 7.19. The van der Waals surface area contributed by atoms with Crippen LogP contribution < -0.4 is 0 Å². The SMILES string of the molecule is CCCC(C(=O)OC)c1c(C)nc2sc3c(c2c1-c1c(C)cc(F)c(F)c1F)CCCC3. The first-order chi connectivity index (χ1) is 15.3. The van der Waals surface area contributed by atoms with Crippen LogP contribution in [0, 0.1) is 31.3 Å². The molecule has 3 aromatic rings. The number of hydrogen-bond acceptors (Lipinski definition) is 4. The number of thiophene rings is 1. The lowest BCUT2D eigenvalue weighted by atomic mass is 9.82. The van der Waals surface area contributed by atoms with Crippen LogP contribution in [-0.2, 0) is 22.4 Å². The Morgan fingerprint density at radius 1 is 1.16 bits per heavy atom. The van der Waals surface area contributed by atoms with E-state index in [9.17, 15) is 13.6 Å². The largest absolute Gasteiger partial charge is 0.469 e. The van der Waals surface area contributed by atoms with Gasteiger partial charge in [0.2, 0.25) is 0 Å². The van der Waals surface area contributed by atoms with Crippen molar-refractivity contribution in [3.05, 3.63) is 50.8 Å². The van der Waals surface area contributed by atoms with Crippen LogP contribution in [0.25, 0.3) is 21.3 Å². The summed E-state index contributed by atoms with van der Waals surface area (Å²) in [6.45, 7) is 5.31. The number of aryl methyl sites for hydroxylation is 4. The van der Waals surface area contributed by atoms with Crippen LogP contribution in [-0.4, -0.2) is 18.1 Å². The Kier molecular flexibility index (Phi) is 6.30. The van der Waals surface area contributed by atoms with E-state index in [1.165, 1.54) is 12.0 Å². The van der Waals surface area contributed by atoms with Gasteiger partial charge in [-0.3, -0.25) is 4.79 Å². The number of nitrogens with zero attached hydrogens (tertiary/aromatic N) is 1. The summed E-state index contributed by atoms with van der Waals surface area (Å²) in [5.74, 6) is -5.08. The second kappa shape index (κ2) is 8.85. The Labute approximate surface area is 189 Å². The Balaban J connectivity index is 2.19. The molecule has 2 heterocycles. The van der Waals surface area contributed by atoms with Gasteiger partial charge in [-0.2, -0.15) is 0 Å². The highest BCUT2D eigenvalue weighted by atomic mass is 32.1. The van der Waals surface area contributed by atoms with Crippen molar-refractivity contribution < 1.29 is 22.7 Å². The Morgan fingerprint density at radius 2 is 1.88 bits per heavy atom. The summed E-state index contributed by atoms with van der Waals surface area (Å²) >= 11 is 1.57. The molecule has 0 saturated heterocycles. The number of rotatable bonds is 5. The standard InChI is InChI=1S/C25H26F3NO2S/c1-5-8-15(25(30)31-4)19-13(3)29-24-20(14-9-6-7-10-17(14)32-24)21(19)18-12(2)11-16(26)22(27)23(18)28/h11,15H,5-10H2,1-4H3. The number of esters is 1. The van der Waals surface area contributed by atoms with Gasteiger partial charge in [0.1, 0.15) is 4.83 Å². The third kappa shape index (κ3) is 3.60. The number of halogens is 3. The van der Waals surface area contributed by atoms with Crippen LogP contribution >= 0.6 is 11.3 Å². The van der Waals surface area contributed by atoms with E-state index in [1.807, 2.05) is 6.92 Å². The molecule has 4 rings (SSSR count). The maximum atomic E-state index is 15.4. The fraction of sp³-hybridized carbons (Fsp3) is 0.440. The quantitative estimate of drug-likeness (QED) is 0.305. The Hall–Kier alpha value is -2.41. The first kappa shape index (κ1) is 22.8. The average Bonchev–Trinajstić information content (AvgIpc) is 3.13. The van der Waals surface area contributed by atoms with Crippen LogP contribution in [0.4, 0.5) is 13.2 Å². The first-order valence-corrected chi connectivity index (χ1v) is 11.8. The molecule has 0 spiro atoms. The van der Waals surface area contributed by atoms with Gasteiger partial charge >= 0.3 is 5.97 Å². The van der Waals surface area contributed by atoms with E-state index in [4.69, 9.17) is 9.72 Å². The van der Waals surface area contributed by atoms with E-state index in [2.05, 4.69) is 0 Å². The van der Waals surface area contributed by atoms with Gasteiger partial charge < -0.3 is 4.74 Å². The van der Waals surface area contributed by atoms with E-state index in [-0.39, 0.29) is 11.1 Å². The van der Waals surface area contributed by atoms with Crippen LogP contribution in [0.5, 0.6) is 0 Å². The van der Waals surface area contributed by atoms with Crippen molar-refractivity contribution in [2.24, 2.45) is 0 Å². The smallest absolute Gasteiger partial charge is 0.313 e. The van der Waals surface area contributed by atoms with Crippen molar-refractivity contribution in [3.63, 3.8) is 0 Å². The zero-order valence-electron chi connectivity index (χ0n) is 18.7. The van der Waals surface area contributed by atoms with Crippen molar-refractivity contribution in [2.45, 2.75) is 65.2 Å². The lowest BCUT2D eigenvalue weighted by molar-refractivity contribution is -0.142. The van der Waals surface area contributed by atoms with Gasteiger partial charge in [0.05, 0.1) is 13.0 Å². The molecule has 0 radical (unpaired) electrons. The predicted molar refractivity (Wildman–Crippen MR) is 121 cm³/mol. The monoisotopic (exact) mass is 461 g/mol. The number of carbonyl (C=O) groups is 1. The van der Waals surface area contributed by atoms with Gasteiger partial charge in [-0.05, 0) is 68.7 Å². The molecule has 1 atom stereocenters. The number of hydrogen-bond donors (Lipinski definition) is 0. The molecular formula is C25H26F3NO2S. The summed E-state index contributed by atoms with van der Waals surface area (Å²) < 4.78 is 48.9. The van der Waals surface area contributed by atoms with Gasteiger partial charge in [-0.25, -0.2) is 18.2 Å². The van der Waals surface area contributed by atoms with Crippen molar-refractivity contribution in [3.8, 4) is 11.1 Å². The summed E-state index contributed by atoms with van der Waals surface area (Å²) in [6, 6.07) is 1.02. The maximum Gasteiger partial charge on any atom is 0.313 e. The van der Waals surface area contributed by atoms with Crippen molar-refractivity contribution in [1.29, 1.82) is 0 Å². The van der Waals surface area contributed by atoms with Gasteiger partial charge in [-0.15, -0.1) is 11.3 Å². The minimum atomic E-state index is -1.51. The van der Waals surface area contributed by atoms with Crippen LogP contribution in [0.15, 0.2) is 6.07 Å². The second-order valence-corrected chi connectivity index (χ2v) is 9.50. The van der Waals surface area contributed by atoms with Gasteiger partial charge in [-0.1, -0.05) is 13.3 Å². The number of pyridine rings is 1. The third-order valence-corrected chi connectivity index (χ3v) is 7.54. The van der Waals surface area contributed by atoms with Crippen LogP contribution in [0.3, 0.4) is 0 Å². The predicted octanol–water partition coefficient (Wildman–Crippen LogP) is 6.93. The minimum Gasteiger partial charge on any atom is -0.469 e. The van der Waals surface area contributed by atoms with Gasteiger partial charge in [0.25, 0.3) is 0 Å². The molecule has 0 amide bonds. The van der Waals surface area contributed by atoms with E-state index in [1.54, 1.807) is 25.2 Å². The fourth-order valence-electron chi connectivity index (χ4n) is 4.93. The maximum absolute atomic E-state index is 15.4. The van der Waals surface area contributed by atoms with Crippen molar-refractivity contribution in [2.75, 3.05) is 7.11 Å². The van der Waals surface area contributed by atoms with E-state index < -0.39 is 29.3 Å². The number of aromatic nitrogens is 1. The lowest BCUT2D eigenvalue weighted by Gasteiger charge is -2.23. The summed E-state index contributed by atoms with van der Waals surface area (Å²) in [5.41, 5.74) is 2.97. The van der Waals surface area contributed by atoms with Crippen LogP contribution in [0.1, 0.15) is 65.8 Å². The normalized spacial score (nSPS) is 14.5. The molecular weight excluding hydrogens is 435 g/mol. The minimum absolute atomic E-state index is 0.00517. The zero-order chi connectivity index (χ0) is 23.2. The molecule has 0 aliphatic heterocycles. The number of benzene rings is 1. The fourth-order valence-corrected chi connectivity index (χ4v) is 6.25. The molecule has 0 fully saturated rings. The molecule has 7 heteroatoms. The summed E-state index contributed by atoms with van der Waals surface area (Å²) in [4.78, 5) is 19.6. The van der Waals surface area contributed by atoms with Crippen molar-refractivity contribution in [1.82, 2.24) is 4.98 Å². The first-order valence-electron chi connectivity index (χ1n) is 11.0. The number of carbonyl (C=O) groups excluding carboxylic acids is 1.